The van der Waals surface area contributed by atoms with Crippen LogP contribution in [0.15, 0.2) is 24.4 Å². The molecule has 5 heteroatoms. The van der Waals surface area contributed by atoms with Crippen molar-refractivity contribution in [3.05, 3.63) is 24.4 Å². The van der Waals surface area contributed by atoms with Crippen LogP contribution in [0.25, 0.3) is 10.9 Å². The van der Waals surface area contributed by atoms with Gasteiger partial charge in [0.2, 0.25) is 0 Å². The maximum Gasteiger partial charge on any atom is 0.173 e. The Balaban J connectivity index is 2.03. The van der Waals surface area contributed by atoms with Gasteiger partial charge in [-0.25, -0.2) is 0 Å². The average molecular weight is 221 g/mol. The zero-order chi connectivity index (χ0) is 11.4. The second-order valence-corrected chi connectivity index (χ2v) is 3.45. The second kappa shape index (κ2) is 4.96. The van der Waals surface area contributed by atoms with Gasteiger partial charge in [-0.1, -0.05) is 0 Å². The number of fused-ring (bicyclic) bond motifs is 1. The van der Waals surface area contributed by atoms with Crippen molar-refractivity contribution in [1.82, 2.24) is 10.2 Å². The first-order chi connectivity index (χ1) is 7.83. The summed E-state index contributed by atoms with van der Waals surface area (Å²) >= 11 is 0. The van der Waals surface area contributed by atoms with Gasteiger partial charge >= 0.3 is 0 Å². The first-order valence-electron chi connectivity index (χ1n) is 5.06. The first-order valence-corrected chi connectivity index (χ1v) is 5.06. The smallest absolute Gasteiger partial charge is 0.173 e. The van der Waals surface area contributed by atoms with Crippen LogP contribution in [0.1, 0.15) is 0 Å². The lowest BCUT2D eigenvalue weighted by Crippen LogP contribution is -2.23. The minimum atomic E-state index is -0.236. The molecule has 0 bridgehead atoms. The maximum absolute atomic E-state index is 5.09. The van der Waals surface area contributed by atoms with Gasteiger partial charge in [-0.3, -0.25) is 5.10 Å². The lowest BCUT2D eigenvalue weighted by molar-refractivity contribution is -0.0914. The highest BCUT2D eigenvalue weighted by Crippen LogP contribution is 2.16. The van der Waals surface area contributed by atoms with E-state index in [0.717, 1.165) is 16.6 Å². The molecule has 0 spiro atoms. The van der Waals surface area contributed by atoms with Crippen molar-refractivity contribution in [2.45, 2.75) is 6.29 Å². The third-order valence-corrected chi connectivity index (χ3v) is 2.44. The molecular formula is C11H15N3O2. The van der Waals surface area contributed by atoms with Gasteiger partial charge in [0.25, 0.3) is 0 Å². The van der Waals surface area contributed by atoms with Gasteiger partial charge in [0, 0.05) is 25.3 Å². The molecule has 0 atom stereocenters. The minimum absolute atomic E-state index is 0.236. The van der Waals surface area contributed by atoms with Crippen molar-refractivity contribution in [1.29, 1.82) is 0 Å². The largest absolute Gasteiger partial charge is 0.380 e. The number of nitrogens with zero attached hydrogens (tertiary/aromatic N) is 1. The van der Waals surface area contributed by atoms with E-state index in [2.05, 4.69) is 15.5 Å². The van der Waals surface area contributed by atoms with Crippen molar-refractivity contribution in [3.63, 3.8) is 0 Å². The summed E-state index contributed by atoms with van der Waals surface area (Å²) in [5.74, 6) is 0. The van der Waals surface area contributed by atoms with Gasteiger partial charge in [-0.05, 0) is 18.2 Å². The highest BCUT2D eigenvalue weighted by atomic mass is 16.7. The van der Waals surface area contributed by atoms with Gasteiger partial charge in [0.15, 0.2) is 6.29 Å². The Hall–Kier alpha value is -1.59. The molecule has 0 aliphatic rings. The number of nitrogens with one attached hydrogen (secondary N) is 2. The number of rotatable bonds is 5. The molecule has 1 aromatic carbocycles. The van der Waals surface area contributed by atoms with E-state index >= 15 is 0 Å². The van der Waals surface area contributed by atoms with E-state index in [9.17, 15) is 0 Å². The molecule has 2 aromatic rings. The molecule has 16 heavy (non-hydrogen) atoms. The number of hydrogen-bond donors (Lipinski definition) is 2. The number of ether oxygens (including phenoxy) is 2. The second-order valence-electron chi connectivity index (χ2n) is 3.45. The van der Waals surface area contributed by atoms with Crippen molar-refractivity contribution in [3.8, 4) is 0 Å². The molecule has 0 amide bonds. The molecule has 2 N–H and O–H groups in total. The number of aromatic amines is 1. The normalized spacial score (nSPS) is 11.2. The minimum Gasteiger partial charge on any atom is -0.380 e. The molecule has 0 aliphatic carbocycles. The summed E-state index contributed by atoms with van der Waals surface area (Å²) in [7, 11) is 3.24. The quantitative estimate of drug-likeness (QED) is 0.753. The third kappa shape index (κ3) is 2.32. The van der Waals surface area contributed by atoms with Crippen LogP contribution in [0.3, 0.4) is 0 Å². The van der Waals surface area contributed by atoms with Crippen LogP contribution in [0.5, 0.6) is 0 Å². The maximum atomic E-state index is 5.09. The van der Waals surface area contributed by atoms with Gasteiger partial charge in [-0.2, -0.15) is 5.10 Å². The molecule has 5 nitrogen and oxygen atoms in total. The molecule has 0 unspecified atom stereocenters. The molecule has 2 rings (SSSR count). The zero-order valence-electron chi connectivity index (χ0n) is 9.36. The van der Waals surface area contributed by atoms with Gasteiger partial charge in [0.1, 0.15) is 0 Å². The number of methoxy groups -OCH3 is 2. The van der Waals surface area contributed by atoms with Crippen molar-refractivity contribution in [2.24, 2.45) is 0 Å². The molecule has 1 aromatic heterocycles. The summed E-state index contributed by atoms with van der Waals surface area (Å²) in [6.07, 6.45) is 1.56. The summed E-state index contributed by atoms with van der Waals surface area (Å²) < 4.78 is 10.2. The summed E-state index contributed by atoms with van der Waals surface area (Å²) in [6.45, 7) is 0.607. The lowest BCUT2D eigenvalue weighted by atomic mass is 10.2. The number of anilines is 1. The first kappa shape index (κ1) is 10.9. The van der Waals surface area contributed by atoms with Gasteiger partial charge in [0.05, 0.1) is 18.3 Å². The van der Waals surface area contributed by atoms with Crippen molar-refractivity contribution >= 4 is 16.6 Å². The van der Waals surface area contributed by atoms with Crippen LogP contribution in [0, 0.1) is 0 Å². The number of aromatic nitrogens is 2. The van der Waals surface area contributed by atoms with E-state index in [1.54, 1.807) is 20.4 Å². The van der Waals surface area contributed by atoms with Crippen molar-refractivity contribution < 1.29 is 9.47 Å². The van der Waals surface area contributed by atoms with Crippen molar-refractivity contribution in [2.75, 3.05) is 26.1 Å². The van der Waals surface area contributed by atoms with Gasteiger partial charge in [-0.15, -0.1) is 0 Å². The Morgan fingerprint density at radius 1 is 1.38 bits per heavy atom. The van der Waals surface area contributed by atoms with Crippen LogP contribution in [-0.2, 0) is 9.47 Å². The van der Waals surface area contributed by atoms with Gasteiger partial charge < -0.3 is 14.8 Å². The molecule has 0 radical (unpaired) electrons. The molecule has 0 saturated heterocycles. The van der Waals surface area contributed by atoms with Crippen LogP contribution in [0.2, 0.25) is 0 Å². The Bertz CT molecular complexity index is 451. The summed E-state index contributed by atoms with van der Waals surface area (Å²) in [5, 5.41) is 11.2. The zero-order valence-corrected chi connectivity index (χ0v) is 9.36. The fourth-order valence-corrected chi connectivity index (χ4v) is 1.52. The Labute approximate surface area is 93.7 Å². The van der Waals surface area contributed by atoms with Crippen LogP contribution in [0.4, 0.5) is 5.69 Å². The summed E-state index contributed by atoms with van der Waals surface area (Å²) in [4.78, 5) is 0. The summed E-state index contributed by atoms with van der Waals surface area (Å²) in [6, 6.07) is 6.00. The van der Waals surface area contributed by atoms with Crippen LogP contribution in [-0.4, -0.2) is 37.3 Å². The van der Waals surface area contributed by atoms with Crippen LogP contribution >= 0.6 is 0 Å². The third-order valence-electron chi connectivity index (χ3n) is 2.44. The topological polar surface area (TPSA) is 59.2 Å². The SMILES string of the molecule is COC(CNc1ccc2[nH]ncc2c1)OC. The number of H-pyrrole nitrogens is 1. The highest BCUT2D eigenvalue weighted by molar-refractivity contribution is 5.81. The van der Waals surface area contributed by atoms with E-state index in [-0.39, 0.29) is 6.29 Å². The van der Waals surface area contributed by atoms with E-state index in [1.165, 1.54) is 0 Å². The van der Waals surface area contributed by atoms with E-state index in [4.69, 9.17) is 9.47 Å². The Kier molecular flexibility index (Phi) is 3.38. The Morgan fingerprint density at radius 3 is 2.94 bits per heavy atom. The monoisotopic (exact) mass is 221 g/mol. The molecule has 0 fully saturated rings. The highest BCUT2D eigenvalue weighted by Gasteiger charge is 2.04. The molecule has 0 aliphatic heterocycles. The number of hydrogen-bond acceptors (Lipinski definition) is 4. The Morgan fingerprint density at radius 2 is 2.19 bits per heavy atom. The van der Waals surface area contributed by atoms with E-state index in [0.29, 0.717) is 6.54 Å². The standard InChI is InChI=1S/C11H15N3O2/c1-15-11(16-2)7-12-9-3-4-10-8(5-9)6-13-14-10/h3-6,11-12H,7H2,1-2H3,(H,13,14). The average Bonchev–Trinajstić information content (AvgIpc) is 2.77. The molecule has 1 heterocycles. The lowest BCUT2D eigenvalue weighted by Gasteiger charge is -2.14. The number of benzene rings is 1. The molecule has 0 saturated carbocycles. The predicted molar refractivity (Wildman–Crippen MR) is 62.4 cm³/mol. The summed E-state index contributed by atoms with van der Waals surface area (Å²) in [5.41, 5.74) is 2.05. The predicted octanol–water partition coefficient (Wildman–Crippen LogP) is 1.59. The molecular weight excluding hydrogens is 206 g/mol. The van der Waals surface area contributed by atoms with Crippen LogP contribution < -0.4 is 5.32 Å². The van der Waals surface area contributed by atoms with E-state index < -0.39 is 0 Å². The fraction of sp³-hybridized carbons (Fsp3) is 0.364. The molecule has 86 valence electrons. The van der Waals surface area contributed by atoms with E-state index in [1.807, 2.05) is 18.2 Å². The fourth-order valence-electron chi connectivity index (χ4n) is 1.52.